The number of piperazine rings is 1. The van der Waals surface area contributed by atoms with Gasteiger partial charge < -0.3 is 9.80 Å². The van der Waals surface area contributed by atoms with E-state index in [2.05, 4.69) is 11.5 Å². The lowest BCUT2D eigenvalue weighted by atomic mass is 10.1. The van der Waals surface area contributed by atoms with Gasteiger partial charge in [-0.1, -0.05) is 24.3 Å². The fourth-order valence-corrected chi connectivity index (χ4v) is 4.60. The van der Waals surface area contributed by atoms with Crippen LogP contribution in [-0.4, -0.2) is 63.9 Å². The molecule has 2 aromatic carbocycles. The number of rotatable bonds is 6. The van der Waals surface area contributed by atoms with Gasteiger partial charge in [0, 0.05) is 31.7 Å². The maximum absolute atomic E-state index is 13.0. The van der Waals surface area contributed by atoms with E-state index in [1.165, 1.54) is 4.31 Å². The third kappa shape index (κ3) is 4.26. The van der Waals surface area contributed by atoms with Crippen LogP contribution in [0, 0.1) is 0 Å². The van der Waals surface area contributed by atoms with Crippen molar-refractivity contribution >= 4 is 21.6 Å². The van der Waals surface area contributed by atoms with Crippen LogP contribution in [0.25, 0.3) is 0 Å². The molecule has 0 saturated carbocycles. The van der Waals surface area contributed by atoms with Gasteiger partial charge in [0.1, 0.15) is 0 Å². The van der Waals surface area contributed by atoms with Crippen LogP contribution in [0.4, 0.5) is 5.69 Å². The first kappa shape index (κ1) is 20.1. The van der Waals surface area contributed by atoms with Crippen molar-refractivity contribution in [3.8, 4) is 0 Å². The van der Waals surface area contributed by atoms with Crippen molar-refractivity contribution in [2.45, 2.75) is 4.90 Å². The molecule has 1 fully saturated rings. The molecule has 0 aliphatic carbocycles. The van der Waals surface area contributed by atoms with Gasteiger partial charge in [0.25, 0.3) is 15.9 Å². The van der Waals surface area contributed by atoms with Crippen LogP contribution in [0.3, 0.4) is 0 Å². The van der Waals surface area contributed by atoms with E-state index in [0.29, 0.717) is 24.3 Å². The summed E-state index contributed by atoms with van der Waals surface area (Å²) in [6.07, 6.45) is 1.55. The van der Waals surface area contributed by atoms with Crippen LogP contribution in [0.1, 0.15) is 10.4 Å². The lowest BCUT2D eigenvalue weighted by molar-refractivity contribution is 0.0664. The Bertz CT molecular complexity index is 919. The molecule has 1 heterocycles. The lowest BCUT2D eigenvalue weighted by Gasteiger charge is -2.32. The molecular formula is C21H25N3O3S. The standard InChI is InChI=1S/C21H25N3O3S/c1-3-13-24(28(26,27)20-7-5-4-6-8-20)19-11-9-18(10-12-19)21(25)23-16-14-22(2)15-17-23/h3-12H,1,13-17H2,2H3. The molecule has 28 heavy (non-hydrogen) atoms. The summed E-state index contributed by atoms with van der Waals surface area (Å²) in [5.74, 6) is -0.0270. The fourth-order valence-electron chi connectivity index (χ4n) is 3.14. The summed E-state index contributed by atoms with van der Waals surface area (Å²) in [7, 11) is -1.68. The number of hydrogen-bond donors (Lipinski definition) is 0. The molecule has 3 rings (SSSR count). The van der Waals surface area contributed by atoms with Gasteiger partial charge in [-0.2, -0.15) is 0 Å². The van der Waals surface area contributed by atoms with Gasteiger partial charge in [-0.05, 0) is 43.4 Å². The number of carbonyl (C=O) groups is 1. The Balaban J connectivity index is 1.83. The van der Waals surface area contributed by atoms with E-state index >= 15 is 0 Å². The summed E-state index contributed by atoms with van der Waals surface area (Å²) in [5, 5.41) is 0. The average molecular weight is 400 g/mol. The number of likely N-dealkylation sites (N-methyl/N-ethyl adjacent to an activating group) is 1. The molecule has 1 amide bonds. The van der Waals surface area contributed by atoms with Crippen molar-refractivity contribution in [3.63, 3.8) is 0 Å². The highest BCUT2D eigenvalue weighted by Crippen LogP contribution is 2.24. The number of carbonyl (C=O) groups excluding carboxylic acids is 1. The number of nitrogens with zero attached hydrogens (tertiary/aromatic N) is 3. The largest absolute Gasteiger partial charge is 0.336 e. The van der Waals surface area contributed by atoms with Crippen LogP contribution in [0.15, 0.2) is 72.1 Å². The Morgan fingerprint density at radius 1 is 1.04 bits per heavy atom. The number of benzene rings is 2. The average Bonchev–Trinajstić information content (AvgIpc) is 2.73. The van der Waals surface area contributed by atoms with Gasteiger partial charge in [-0.15, -0.1) is 6.58 Å². The molecule has 1 aliphatic rings. The van der Waals surface area contributed by atoms with Gasteiger partial charge in [-0.25, -0.2) is 8.42 Å². The predicted molar refractivity (Wildman–Crippen MR) is 111 cm³/mol. The summed E-state index contributed by atoms with van der Waals surface area (Å²) in [5.41, 5.74) is 1.06. The SMILES string of the molecule is C=CCN(c1ccc(C(=O)N2CCN(C)CC2)cc1)S(=O)(=O)c1ccccc1. The molecule has 0 unspecified atom stereocenters. The maximum Gasteiger partial charge on any atom is 0.264 e. The number of amides is 1. The van der Waals surface area contributed by atoms with E-state index < -0.39 is 10.0 Å². The second kappa shape index (κ2) is 8.58. The van der Waals surface area contributed by atoms with Crippen LogP contribution in [0.2, 0.25) is 0 Å². The van der Waals surface area contributed by atoms with Crippen molar-refractivity contribution < 1.29 is 13.2 Å². The third-order valence-electron chi connectivity index (χ3n) is 4.82. The van der Waals surface area contributed by atoms with E-state index in [-0.39, 0.29) is 17.3 Å². The zero-order chi connectivity index (χ0) is 20.1. The van der Waals surface area contributed by atoms with Crippen molar-refractivity contribution in [3.05, 3.63) is 72.8 Å². The van der Waals surface area contributed by atoms with E-state index in [1.807, 2.05) is 11.9 Å². The minimum absolute atomic E-state index is 0.0270. The minimum Gasteiger partial charge on any atom is -0.336 e. The Hall–Kier alpha value is -2.64. The third-order valence-corrected chi connectivity index (χ3v) is 6.63. The molecule has 1 aliphatic heterocycles. The molecule has 1 saturated heterocycles. The highest BCUT2D eigenvalue weighted by Gasteiger charge is 2.25. The first-order chi connectivity index (χ1) is 13.4. The summed E-state index contributed by atoms with van der Waals surface area (Å²) in [4.78, 5) is 16.9. The maximum atomic E-state index is 13.0. The van der Waals surface area contributed by atoms with E-state index in [9.17, 15) is 13.2 Å². The van der Waals surface area contributed by atoms with Crippen LogP contribution >= 0.6 is 0 Å². The highest BCUT2D eigenvalue weighted by molar-refractivity contribution is 7.92. The van der Waals surface area contributed by atoms with E-state index in [4.69, 9.17) is 0 Å². The van der Waals surface area contributed by atoms with Gasteiger partial charge in [0.2, 0.25) is 0 Å². The van der Waals surface area contributed by atoms with Crippen LogP contribution in [0.5, 0.6) is 0 Å². The second-order valence-corrected chi connectivity index (χ2v) is 8.64. The monoisotopic (exact) mass is 399 g/mol. The number of anilines is 1. The van der Waals surface area contributed by atoms with Crippen molar-refractivity contribution in [1.82, 2.24) is 9.80 Å². The summed E-state index contributed by atoms with van der Waals surface area (Å²) in [6.45, 7) is 6.92. The number of hydrogen-bond acceptors (Lipinski definition) is 4. The number of sulfonamides is 1. The Labute approximate surface area is 166 Å². The smallest absolute Gasteiger partial charge is 0.264 e. The fraction of sp³-hybridized carbons (Fsp3) is 0.286. The zero-order valence-corrected chi connectivity index (χ0v) is 16.8. The van der Waals surface area contributed by atoms with E-state index in [1.54, 1.807) is 60.7 Å². The first-order valence-corrected chi connectivity index (χ1v) is 10.6. The van der Waals surface area contributed by atoms with Crippen molar-refractivity contribution in [2.24, 2.45) is 0 Å². The van der Waals surface area contributed by atoms with Gasteiger partial charge in [-0.3, -0.25) is 9.10 Å². The Morgan fingerprint density at radius 2 is 1.64 bits per heavy atom. The Morgan fingerprint density at radius 3 is 2.21 bits per heavy atom. The predicted octanol–water partition coefficient (Wildman–Crippen LogP) is 2.46. The molecule has 2 aromatic rings. The summed E-state index contributed by atoms with van der Waals surface area (Å²) in [6, 6.07) is 15.0. The molecule has 0 aromatic heterocycles. The van der Waals surface area contributed by atoms with Gasteiger partial charge >= 0.3 is 0 Å². The van der Waals surface area contributed by atoms with Crippen molar-refractivity contribution in [1.29, 1.82) is 0 Å². The molecule has 0 N–H and O–H groups in total. The molecular weight excluding hydrogens is 374 g/mol. The Kier molecular flexibility index (Phi) is 6.16. The molecule has 148 valence electrons. The normalized spacial score (nSPS) is 15.2. The van der Waals surface area contributed by atoms with Gasteiger partial charge in [0.15, 0.2) is 0 Å². The van der Waals surface area contributed by atoms with Crippen molar-refractivity contribution in [2.75, 3.05) is 44.1 Å². The quantitative estimate of drug-likeness (QED) is 0.700. The molecule has 0 radical (unpaired) electrons. The second-order valence-electron chi connectivity index (χ2n) is 6.78. The molecule has 0 spiro atoms. The lowest BCUT2D eigenvalue weighted by Crippen LogP contribution is -2.47. The topological polar surface area (TPSA) is 60.9 Å². The van der Waals surface area contributed by atoms with Crippen LogP contribution < -0.4 is 4.31 Å². The molecule has 0 atom stereocenters. The van der Waals surface area contributed by atoms with Crippen LogP contribution in [-0.2, 0) is 10.0 Å². The highest BCUT2D eigenvalue weighted by atomic mass is 32.2. The summed E-state index contributed by atoms with van der Waals surface area (Å²) < 4.78 is 27.3. The molecule has 6 nitrogen and oxygen atoms in total. The molecule has 7 heteroatoms. The zero-order valence-electron chi connectivity index (χ0n) is 16.0. The summed E-state index contributed by atoms with van der Waals surface area (Å²) >= 11 is 0. The van der Waals surface area contributed by atoms with Gasteiger partial charge in [0.05, 0.1) is 17.1 Å². The first-order valence-electron chi connectivity index (χ1n) is 9.20. The van der Waals surface area contributed by atoms with E-state index in [0.717, 1.165) is 13.1 Å². The molecule has 0 bridgehead atoms. The minimum atomic E-state index is -3.71.